The summed E-state index contributed by atoms with van der Waals surface area (Å²) in [6.45, 7) is 6.05. The number of aromatic nitrogens is 2. The van der Waals surface area contributed by atoms with Crippen LogP contribution in [0.3, 0.4) is 0 Å². The van der Waals surface area contributed by atoms with Crippen molar-refractivity contribution in [2.75, 3.05) is 20.3 Å². The van der Waals surface area contributed by atoms with Crippen LogP contribution in [0.4, 0.5) is 0 Å². The number of imidazole rings is 1. The quantitative estimate of drug-likeness (QED) is 0.651. The van der Waals surface area contributed by atoms with Crippen LogP contribution < -0.4 is 5.32 Å². The van der Waals surface area contributed by atoms with Gasteiger partial charge >= 0.3 is 0 Å². The van der Waals surface area contributed by atoms with Crippen LogP contribution in [-0.4, -0.2) is 29.8 Å². The number of unbranched alkanes of at least 4 members (excludes halogenated alkanes) is 1. The van der Waals surface area contributed by atoms with Crippen molar-refractivity contribution in [3.63, 3.8) is 0 Å². The largest absolute Gasteiger partial charge is 0.385 e. The predicted molar refractivity (Wildman–Crippen MR) is 65.3 cm³/mol. The van der Waals surface area contributed by atoms with Crippen LogP contribution in [0.15, 0.2) is 12.5 Å². The van der Waals surface area contributed by atoms with Gasteiger partial charge in [0.1, 0.15) is 0 Å². The average Bonchev–Trinajstić information content (AvgIpc) is 2.72. The normalized spacial score (nSPS) is 10.9. The van der Waals surface area contributed by atoms with Gasteiger partial charge in [0.15, 0.2) is 0 Å². The molecule has 92 valence electrons. The highest BCUT2D eigenvalue weighted by Gasteiger charge is 1.99. The van der Waals surface area contributed by atoms with Gasteiger partial charge in [-0.1, -0.05) is 6.92 Å². The fourth-order valence-electron chi connectivity index (χ4n) is 1.65. The second-order valence-electron chi connectivity index (χ2n) is 3.96. The number of rotatable bonds is 9. The lowest BCUT2D eigenvalue weighted by Crippen LogP contribution is -2.17. The standard InChI is InChI=1S/C12H23N3O/c1-3-7-15-11-14-10-12(15)9-13-6-4-5-8-16-2/h10-11,13H,3-9H2,1-2H3. The molecule has 1 heterocycles. The lowest BCUT2D eigenvalue weighted by atomic mass is 10.3. The molecular formula is C12H23N3O. The van der Waals surface area contributed by atoms with E-state index in [0.717, 1.165) is 45.5 Å². The predicted octanol–water partition coefficient (Wildman–Crippen LogP) is 1.81. The topological polar surface area (TPSA) is 39.1 Å². The Kier molecular flexibility index (Phi) is 6.85. The number of nitrogens with zero attached hydrogens (tertiary/aromatic N) is 2. The molecule has 0 aromatic carbocycles. The molecule has 0 fully saturated rings. The Bertz CT molecular complexity index is 273. The molecule has 0 aliphatic carbocycles. The van der Waals surface area contributed by atoms with E-state index in [0.29, 0.717) is 0 Å². The van der Waals surface area contributed by atoms with Crippen LogP contribution in [0.1, 0.15) is 31.9 Å². The summed E-state index contributed by atoms with van der Waals surface area (Å²) in [4.78, 5) is 4.17. The Hall–Kier alpha value is -0.870. The van der Waals surface area contributed by atoms with Gasteiger partial charge in [0, 0.05) is 33.0 Å². The van der Waals surface area contributed by atoms with E-state index in [2.05, 4.69) is 21.8 Å². The molecule has 4 nitrogen and oxygen atoms in total. The monoisotopic (exact) mass is 225 g/mol. The van der Waals surface area contributed by atoms with Crippen molar-refractivity contribution >= 4 is 0 Å². The van der Waals surface area contributed by atoms with E-state index in [1.54, 1.807) is 7.11 Å². The molecule has 1 aromatic heterocycles. The second-order valence-corrected chi connectivity index (χ2v) is 3.96. The highest BCUT2D eigenvalue weighted by Crippen LogP contribution is 2.00. The molecule has 0 amide bonds. The Morgan fingerprint density at radius 2 is 2.31 bits per heavy atom. The lowest BCUT2D eigenvalue weighted by Gasteiger charge is -2.07. The molecule has 0 radical (unpaired) electrons. The summed E-state index contributed by atoms with van der Waals surface area (Å²) in [7, 11) is 1.75. The van der Waals surface area contributed by atoms with Gasteiger partial charge < -0.3 is 14.6 Å². The van der Waals surface area contributed by atoms with E-state index in [4.69, 9.17) is 4.74 Å². The molecule has 1 rings (SSSR count). The maximum Gasteiger partial charge on any atom is 0.0948 e. The maximum absolute atomic E-state index is 5.00. The summed E-state index contributed by atoms with van der Waals surface area (Å²) >= 11 is 0. The van der Waals surface area contributed by atoms with Crippen molar-refractivity contribution < 1.29 is 4.74 Å². The first-order valence-corrected chi connectivity index (χ1v) is 6.07. The fourth-order valence-corrected chi connectivity index (χ4v) is 1.65. The third-order valence-electron chi connectivity index (χ3n) is 2.52. The summed E-state index contributed by atoms with van der Waals surface area (Å²) < 4.78 is 7.21. The van der Waals surface area contributed by atoms with Gasteiger partial charge in [-0.3, -0.25) is 0 Å². The molecule has 0 unspecified atom stereocenters. The van der Waals surface area contributed by atoms with Crippen molar-refractivity contribution in [2.24, 2.45) is 0 Å². The SMILES string of the molecule is CCCn1cncc1CNCCCCOC. The minimum Gasteiger partial charge on any atom is -0.385 e. The van der Waals surface area contributed by atoms with Crippen LogP contribution in [0, 0.1) is 0 Å². The highest BCUT2D eigenvalue weighted by atomic mass is 16.5. The van der Waals surface area contributed by atoms with Gasteiger partial charge in [0.05, 0.1) is 12.0 Å². The zero-order valence-corrected chi connectivity index (χ0v) is 10.4. The van der Waals surface area contributed by atoms with Gasteiger partial charge in [-0.05, 0) is 25.8 Å². The minimum absolute atomic E-state index is 0.857. The number of hydrogen-bond acceptors (Lipinski definition) is 3. The highest BCUT2D eigenvalue weighted by molar-refractivity contribution is 4.97. The van der Waals surface area contributed by atoms with E-state index < -0.39 is 0 Å². The molecule has 0 saturated carbocycles. The third-order valence-corrected chi connectivity index (χ3v) is 2.52. The van der Waals surface area contributed by atoms with Crippen LogP contribution in [-0.2, 0) is 17.8 Å². The molecule has 4 heteroatoms. The number of ether oxygens (including phenoxy) is 1. The molecule has 1 N–H and O–H groups in total. The van der Waals surface area contributed by atoms with Crippen molar-refractivity contribution in [1.82, 2.24) is 14.9 Å². The molecule has 0 aliphatic rings. The lowest BCUT2D eigenvalue weighted by molar-refractivity contribution is 0.192. The Balaban J connectivity index is 2.13. The summed E-state index contributed by atoms with van der Waals surface area (Å²) in [6.07, 6.45) is 7.29. The van der Waals surface area contributed by atoms with E-state index in [1.807, 2.05) is 12.5 Å². The zero-order valence-electron chi connectivity index (χ0n) is 10.4. The summed E-state index contributed by atoms with van der Waals surface area (Å²) in [6, 6.07) is 0. The maximum atomic E-state index is 5.00. The number of aryl methyl sites for hydroxylation is 1. The number of hydrogen-bond donors (Lipinski definition) is 1. The van der Waals surface area contributed by atoms with E-state index in [-0.39, 0.29) is 0 Å². The first-order valence-electron chi connectivity index (χ1n) is 6.07. The second kappa shape index (κ2) is 8.30. The summed E-state index contributed by atoms with van der Waals surface area (Å²) in [5, 5.41) is 3.43. The smallest absolute Gasteiger partial charge is 0.0948 e. The number of nitrogens with one attached hydrogen (secondary N) is 1. The van der Waals surface area contributed by atoms with E-state index in [9.17, 15) is 0 Å². The van der Waals surface area contributed by atoms with Crippen molar-refractivity contribution in [1.29, 1.82) is 0 Å². The molecule has 16 heavy (non-hydrogen) atoms. The first-order chi connectivity index (χ1) is 7.88. The summed E-state index contributed by atoms with van der Waals surface area (Å²) in [5.74, 6) is 0. The van der Waals surface area contributed by atoms with Gasteiger partial charge in [0.25, 0.3) is 0 Å². The van der Waals surface area contributed by atoms with Crippen molar-refractivity contribution in [3.8, 4) is 0 Å². The summed E-state index contributed by atoms with van der Waals surface area (Å²) in [5.41, 5.74) is 1.27. The molecule has 0 bridgehead atoms. The van der Waals surface area contributed by atoms with Crippen LogP contribution in [0.25, 0.3) is 0 Å². The van der Waals surface area contributed by atoms with E-state index >= 15 is 0 Å². The van der Waals surface area contributed by atoms with Crippen LogP contribution >= 0.6 is 0 Å². The van der Waals surface area contributed by atoms with Crippen molar-refractivity contribution in [2.45, 2.75) is 39.3 Å². The van der Waals surface area contributed by atoms with Crippen LogP contribution in [0.2, 0.25) is 0 Å². The molecular weight excluding hydrogens is 202 g/mol. The first kappa shape index (κ1) is 13.2. The Labute approximate surface area is 98.0 Å². The molecule has 1 aromatic rings. The van der Waals surface area contributed by atoms with Gasteiger partial charge in [-0.15, -0.1) is 0 Å². The molecule has 0 spiro atoms. The Morgan fingerprint density at radius 1 is 1.44 bits per heavy atom. The number of methoxy groups -OCH3 is 1. The Morgan fingerprint density at radius 3 is 3.06 bits per heavy atom. The zero-order chi connectivity index (χ0) is 11.6. The molecule has 0 aliphatic heterocycles. The van der Waals surface area contributed by atoms with E-state index in [1.165, 1.54) is 5.69 Å². The molecule has 0 atom stereocenters. The van der Waals surface area contributed by atoms with Crippen molar-refractivity contribution in [3.05, 3.63) is 18.2 Å². The third kappa shape index (κ3) is 4.77. The molecule has 0 saturated heterocycles. The fraction of sp³-hybridized carbons (Fsp3) is 0.750. The van der Waals surface area contributed by atoms with Crippen LogP contribution in [0.5, 0.6) is 0 Å². The van der Waals surface area contributed by atoms with Gasteiger partial charge in [0.2, 0.25) is 0 Å². The van der Waals surface area contributed by atoms with Gasteiger partial charge in [-0.25, -0.2) is 4.98 Å². The average molecular weight is 225 g/mol. The minimum atomic E-state index is 0.857. The van der Waals surface area contributed by atoms with Gasteiger partial charge in [-0.2, -0.15) is 0 Å².